The molecule has 0 atom stereocenters. The van der Waals surface area contributed by atoms with Gasteiger partial charge in [0.1, 0.15) is 0 Å². The van der Waals surface area contributed by atoms with Crippen molar-refractivity contribution in [1.29, 1.82) is 0 Å². The molecule has 0 spiro atoms. The summed E-state index contributed by atoms with van der Waals surface area (Å²) in [5, 5.41) is 0.0560. The normalized spacial score (nSPS) is 16.2. The summed E-state index contributed by atoms with van der Waals surface area (Å²) in [6.45, 7) is 5.91. The summed E-state index contributed by atoms with van der Waals surface area (Å²) in [5.41, 5.74) is 0. The zero-order valence-electron chi connectivity index (χ0n) is 15.2. The lowest BCUT2D eigenvalue weighted by atomic mass is 9.99. The van der Waals surface area contributed by atoms with Gasteiger partial charge in [-0.15, -0.1) is 0 Å². The molecule has 0 unspecified atom stereocenters. The third-order valence-corrected chi connectivity index (χ3v) is 7.01. The van der Waals surface area contributed by atoms with Gasteiger partial charge < -0.3 is 9.32 Å². The first-order chi connectivity index (χ1) is 12.4. The smallest absolute Gasteiger partial charge is 0.236 e. The largest absolute Gasteiger partial charge is 0.424 e. The van der Waals surface area contributed by atoms with E-state index in [2.05, 4.69) is 34.8 Å². The van der Waals surface area contributed by atoms with Crippen LogP contribution in [0.5, 0.6) is 0 Å². The first-order valence-electron chi connectivity index (χ1n) is 9.17. The minimum Gasteiger partial charge on any atom is -0.424 e. The number of halogens is 1. The summed E-state index contributed by atoms with van der Waals surface area (Å²) in [4.78, 5) is 6.68. The zero-order valence-corrected chi connectivity index (χ0v) is 17.6. The maximum Gasteiger partial charge on any atom is 0.236 e. The second-order valence-electron chi connectivity index (χ2n) is 6.95. The number of benzene rings is 1. The van der Waals surface area contributed by atoms with Crippen LogP contribution in [0.4, 0.5) is 5.88 Å². The van der Waals surface area contributed by atoms with Crippen LogP contribution in [0.25, 0.3) is 0 Å². The van der Waals surface area contributed by atoms with Crippen LogP contribution in [-0.2, 0) is 16.3 Å². The molecule has 7 heteroatoms. The summed E-state index contributed by atoms with van der Waals surface area (Å²) in [6, 6.07) is 6.66. The summed E-state index contributed by atoms with van der Waals surface area (Å²) >= 11 is 3.35. The number of anilines is 1. The molecule has 1 aromatic carbocycles. The number of aromatic nitrogens is 1. The van der Waals surface area contributed by atoms with Gasteiger partial charge in [0.15, 0.2) is 5.89 Å². The van der Waals surface area contributed by atoms with E-state index in [9.17, 15) is 8.42 Å². The van der Waals surface area contributed by atoms with E-state index in [1.54, 1.807) is 24.3 Å². The lowest BCUT2D eigenvalue weighted by Gasteiger charge is -2.30. The van der Waals surface area contributed by atoms with Gasteiger partial charge in [-0.25, -0.2) is 8.42 Å². The Morgan fingerprint density at radius 2 is 1.88 bits per heavy atom. The molecule has 1 aliphatic rings. The fraction of sp³-hybridized carbons (Fsp3) is 0.526. The average Bonchev–Trinajstić information content (AvgIpc) is 3.06. The van der Waals surface area contributed by atoms with E-state index in [1.165, 1.54) is 0 Å². The van der Waals surface area contributed by atoms with Crippen molar-refractivity contribution >= 4 is 31.7 Å². The molecule has 0 amide bonds. The Morgan fingerprint density at radius 3 is 2.50 bits per heavy atom. The van der Waals surface area contributed by atoms with Gasteiger partial charge in [0.2, 0.25) is 20.7 Å². The third kappa shape index (κ3) is 4.14. The third-order valence-electron chi connectivity index (χ3n) is 4.82. The first-order valence-corrected chi connectivity index (χ1v) is 11.4. The molecular weight excluding hydrogens is 416 g/mol. The summed E-state index contributed by atoms with van der Waals surface area (Å²) < 4.78 is 33.2. The van der Waals surface area contributed by atoms with Crippen LogP contribution in [0.15, 0.2) is 43.1 Å². The van der Waals surface area contributed by atoms with Crippen LogP contribution < -0.4 is 4.90 Å². The number of sulfone groups is 1. The zero-order chi connectivity index (χ0) is 18.7. The van der Waals surface area contributed by atoms with E-state index in [0.29, 0.717) is 24.1 Å². The summed E-state index contributed by atoms with van der Waals surface area (Å²) in [7, 11) is -3.72. The van der Waals surface area contributed by atoms with E-state index in [4.69, 9.17) is 4.42 Å². The summed E-state index contributed by atoms with van der Waals surface area (Å²) in [6.07, 6.45) is 4.65. The minimum atomic E-state index is -3.72. The number of piperidine rings is 1. The van der Waals surface area contributed by atoms with Crippen molar-refractivity contribution in [2.75, 3.05) is 18.0 Å². The maximum absolute atomic E-state index is 13.2. The Kier molecular flexibility index (Phi) is 6.07. The van der Waals surface area contributed by atoms with Crippen LogP contribution in [0.3, 0.4) is 0 Å². The molecule has 2 heterocycles. The van der Waals surface area contributed by atoms with Gasteiger partial charge in [-0.1, -0.05) is 36.2 Å². The Morgan fingerprint density at radius 1 is 1.23 bits per heavy atom. The molecule has 142 valence electrons. The summed E-state index contributed by atoms with van der Waals surface area (Å²) in [5.74, 6) is 1.57. The van der Waals surface area contributed by atoms with Crippen LogP contribution >= 0.6 is 15.9 Å². The Bertz CT molecular complexity index is 838. The number of aryl methyl sites for hydroxylation is 1. The highest BCUT2D eigenvalue weighted by atomic mass is 79.9. The molecule has 2 aromatic rings. The van der Waals surface area contributed by atoms with E-state index >= 15 is 0 Å². The molecule has 5 nitrogen and oxygen atoms in total. The van der Waals surface area contributed by atoms with Gasteiger partial charge in [-0.3, -0.25) is 0 Å². The predicted octanol–water partition coefficient (Wildman–Crippen LogP) is 4.85. The second-order valence-corrected chi connectivity index (χ2v) is 9.73. The monoisotopic (exact) mass is 440 g/mol. The molecule has 0 saturated carbocycles. The van der Waals surface area contributed by atoms with Gasteiger partial charge in [-0.2, -0.15) is 4.98 Å². The SMILES string of the molecule is CCCCc1nc(S(=O)(=O)c2ccc(Br)cc2)c(N2CCC(C)CC2)o1. The van der Waals surface area contributed by atoms with Gasteiger partial charge >= 0.3 is 0 Å². The van der Waals surface area contributed by atoms with Crippen molar-refractivity contribution in [3.05, 3.63) is 34.6 Å². The average molecular weight is 441 g/mol. The van der Waals surface area contributed by atoms with Crippen LogP contribution in [0.2, 0.25) is 0 Å². The molecule has 0 radical (unpaired) electrons. The minimum absolute atomic E-state index is 0.0560. The highest BCUT2D eigenvalue weighted by Crippen LogP contribution is 2.34. The van der Waals surface area contributed by atoms with Gasteiger partial charge in [-0.05, 0) is 49.4 Å². The van der Waals surface area contributed by atoms with Gasteiger partial charge in [0.25, 0.3) is 0 Å². The standard InChI is InChI=1S/C19H25BrN2O3S/c1-3-4-5-17-21-18(19(25-17)22-12-10-14(2)11-13-22)26(23,24)16-8-6-15(20)7-9-16/h6-9,14H,3-5,10-13H2,1-2H3. The van der Waals surface area contributed by atoms with Crippen molar-refractivity contribution in [3.8, 4) is 0 Å². The fourth-order valence-corrected chi connectivity index (χ4v) is 4.69. The molecular formula is C19H25BrN2O3S. The number of oxazole rings is 1. The quantitative estimate of drug-likeness (QED) is 0.642. The maximum atomic E-state index is 13.2. The van der Waals surface area contributed by atoms with Crippen LogP contribution in [0.1, 0.15) is 45.4 Å². The number of unbranched alkanes of at least 4 members (excludes halogenated alkanes) is 1. The lowest BCUT2D eigenvalue weighted by molar-refractivity contribution is 0.405. The van der Waals surface area contributed by atoms with E-state index in [1.807, 2.05) is 4.90 Å². The van der Waals surface area contributed by atoms with Crippen molar-refractivity contribution in [1.82, 2.24) is 4.98 Å². The lowest BCUT2D eigenvalue weighted by Crippen LogP contribution is -2.33. The Labute approximate surface area is 163 Å². The first kappa shape index (κ1) is 19.4. The molecule has 0 aliphatic carbocycles. The van der Waals surface area contributed by atoms with Gasteiger partial charge in [0.05, 0.1) is 4.90 Å². The van der Waals surface area contributed by atoms with Crippen molar-refractivity contribution in [2.24, 2.45) is 5.92 Å². The van der Waals surface area contributed by atoms with Crippen LogP contribution in [-0.4, -0.2) is 26.5 Å². The molecule has 1 aliphatic heterocycles. The molecule has 0 bridgehead atoms. The number of rotatable bonds is 6. The van der Waals surface area contributed by atoms with Gasteiger partial charge in [0, 0.05) is 24.0 Å². The number of nitrogens with zero attached hydrogens (tertiary/aromatic N) is 2. The molecule has 26 heavy (non-hydrogen) atoms. The Hall–Kier alpha value is -1.34. The molecule has 1 saturated heterocycles. The second kappa shape index (κ2) is 8.13. The highest BCUT2D eigenvalue weighted by molar-refractivity contribution is 9.10. The van der Waals surface area contributed by atoms with Crippen molar-refractivity contribution in [2.45, 2.75) is 55.9 Å². The Balaban J connectivity index is 2.00. The predicted molar refractivity (Wildman–Crippen MR) is 105 cm³/mol. The van der Waals surface area contributed by atoms with Crippen molar-refractivity contribution in [3.63, 3.8) is 0 Å². The number of hydrogen-bond donors (Lipinski definition) is 0. The van der Waals surface area contributed by atoms with E-state index in [0.717, 1.165) is 43.2 Å². The molecule has 1 fully saturated rings. The van der Waals surface area contributed by atoms with Crippen molar-refractivity contribution < 1.29 is 12.8 Å². The van der Waals surface area contributed by atoms with Crippen LogP contribution in [0, 0.1) is 5.92 Å². The van der Waals surface area contributed by atoms with E-state index in [-0.39, 0.29) is 9.92 Å². The van der Waals surface area contributed by atoms with E-state index < -0.39 is 9.84 Å². The topological polar surface area (TPSA) is 63.4 Å². The molecule has 3 rings (SSSR count). The fourth-order valence-electron chi connectivity index (χ4n) is 3.09. The number of hydrogen-bond acceptors (Lipinski definition) is 5. The highest BCUT2D eigenvalue weighted by Gasteiger charge is 2.32. The molecule has 1 aromatic heterocycles. The molecule has 0 N–H and O–H groups in total.